The Kier molecular flexibility index (Phi) is 8.28. The van der Waals surface area contributed by atoms with E-state index in [1.54, 1.807) is 0 Å². The number of anilines is 1. The van der Waals surface area contributed by atoms with Gasteiger partial charge in [-0.2, -0.15) is 0 Å². The van der Waals surface area contributed by atoms with Gasteiger partial charge in [0.05, 0.1) is 13.1 Å². The summed E-state index contributed by atoms with van der Waals surface area (Å²) in [6.45, 7) is 10.5. The number of rotatable bonds is 7. The molecule has 30 heavy (non-hydrogen) atoms. The second kappa shape index (κ2) is 10.9. The van der Waals surface area contributed by atoms with E-state index < -0.39 is 0 Å². The van der Waals surface area contributed by atoms with Gasteiger partial charge in [-0.3, -0.25) is 19.4 Å². The van der Waals surface area contributed by atoms with Crippen molar-refractivity contribution in [3.63, 3.8) is 0 Å². The molecular formula is C24H38N4O2. The highest BCUT2D eigenvalue weighted by Crippen LogP contribution is 2.24. The Bertz CT molecular complexity index is 690. The number of nitrogens with one attached hydrogen (secondary N) is 1. The predicted octanol–water partition coefficient (Wildman–Crippen LogP) is 3.12. The van der Waals surface area contributed by atoms with Crippen LogP contribution in [0.25, 0.3) is 0 Å². The van der Waals surface area contributed by atoms with Gasteiger partial charge in [-0.1, -0.05) is 37.0 Å². The van der Waals surface area contributed by atoms with Gasteiger partial charge in [-0.05, 0) is 45.7 Å². The van der Waals surface area contributed by atoms with E-state index in [0.717, 1.165) is 44.7 Å². The number of carbonyl (C=O) groups is 2. The lowest BCUT2D eigenvalue weighted by atomic mass is 9.93. The van der Waals surface area contributed by atoms with Gasteiger partial charge in [-0.15, -0.1) is 0 Å². The molecule has 0 bridgehead atoms. The normalized spacial score (nSPS) is 19.1. The molecule has 0 atom stereocenters. The minimum atomic E-state index is 0.0201. The summed E-state index contributed by atoms with van der Waals surface area (Å²) in [5.41, 5.74) is 2.02. The van der Waals surface area contributed by atoms with Crippen LogP contribution < -0.4 is 5.32 Å². The first-order chi connectivity index (χ1) is 14.4. The monoisotopic (exact) mass is 414 g/mol. The first kappa shape index (κ1) is 22.8. The summed E-state index contributed by atoms with van der Waals surface area (Å²) >= 11 is 0. The van der Waals surface area contributed by atoms with Crippen molar-refractivity contribution < 1.29 is 9.59 Å². The van der Waals surface area contributed by atoms with Gasteiger partial charge in [0.15, 0.2) is 0 Å². The number of nitrogens with zero attached hydrogens (tertiary/aromatic N) is 3. The molecule has 2 aliphatic rings. The Morgan fingerprint density at radius 2 is 1.53 bits per heavy atom. The quantitative estimate of drug-likeness (QED) is 0.745. The second-order valence-electron chi connectivity index (χ2n) is 9.15. The number of aryl methyl sites for hydroxylation is 1. The lowest BCUT2D eigenvalue weighted by Gasteiger charge is -2.40. The zero-order valence-electron chi connectivity index (χ0n) is 18.9. The van der Waals surface area contributed by atoms with Crippen LogP contribution in [0.3, 0.4) is 0 Å². The molecular weight excluding hydrogens is 376 g/mol. The van der Waals surface area contributed by atoms with Crippen molar-refractivity contribution in [2.24, 2.45) is 0 Å². The summed E-state index contributed by atoms with van der Waals surface area (Å²) in [6.07, 6.45) is 6.08. The van der Waals surface area contributed by atoms with E-state index in [9.17, 15) is 9.59 Å². The number of benzene rings is 1. The van der Waals surface area contributed by atoms with Crippen LogP contribution in [-0.4, -0.2) is 77.9 Å². The van der Waals surface area contributed by atoms with Crippen LogP contribution in [0.15, 0.2) is 24.3 Å². The Morgan fingerprint density at radius 1 is 0.967 bits per heavy atom. The number of hydrogen-bond donors (Lipinski definition) is 1. The zero-order chi connectivity index (χ0) is 21.5. The van der Waals surface area contributed by atoms with Gasteiger partial charge in [0.2, 0.25) is 11.8 Å². The third-order valence-corrected chi connectivity index (χ3v) is 6.34. The number of piperazine rings is 1. The molecule has 1 saturated carbocycles. The van der Waals surface area contributed by atoms with Crippen molar-refractivity contribution in [1.29, 1.82) is 0 Å². The van der Waals surface area contributed by atoms with Crippen LogP contribution in [0, 0.1) is 6.92 Å². The fraction of sp³-hybridized carbons (Fsp3) is 0.667. The lowest BCUT2D eigenvalue weighted by molar-refractivity contribution is -0.138. The number of carbonyl (C=O) groups excluding carboxylic acids is 2. The largest absolute Gasteiger partial charge is 0.336 e. The van der Waals surface area contributed by atoms with Crippen LogP contribution in [0.5, 0.6) is 0 Å². The fourth-order valence-electron chi connectivity index (χ4n) is 4.69. The van der Waals surface area contributed by atoms with E-state index in [0.29, 0.717) is 19.1 Å². The molecule has 1 aromatic rings. The molecule has 1 aliphatic heterocycles. The standard InChI is InChI=1S/C24H38N4O2/c1-19(2)28(22-7-5-4-6-8-22)24(30)18-27-15-13-26(14-16-27)17-23(29)25-21-11-9-20(3)10-12-21/h9-12,19,22H,4-8,13-18H2,1-3H3,(H,25,29). The van der Waals surface area contributed by atoms with Crippen molar-refractivity contribution >= 4 is 17.5 Å². The van der Waals surface area contributed by atoms with Crippen LogP contribution in [-0.2, 0) is 9.59 Å². The summed E-state index contributed by atoms with van der Waals surface area (Å²) in [5.74, 6) is 0.286. The molecule has 1 aliphatic carbocycles. The maximum absolute atomic E-state index is 13.0. The average Bonchev–Trinajstić information content (AvgIpc) is 2.72. The van der Waals surface area contributed by atoms with Crippen LogP contribution in [0.1, 0.15) is 51.5 Å². The second-order valence-corrected chi connectivity index (χ2v) is 9.15. The van der Waals surface area contributed by atoms with E-state index in [1.165, 1.54) is 24.8 Å². The molecule has 2 amide bonds. The SMILES string of the molecule is Cc1ccc(NC(=O)CN2CCN(CC(=O)N(C(C)C)C3CCCCC3)CC2)cc1. The maximum atomic E-state index is 13.0. The van der Waals surface area contributed by atoms with Crippen LogP contribution in [0.2, 0.25) is 0 Å². The van der Waals surface area contributed by atoms with E-state index in [-0.39, 0.29) is 17.9 Å². The molecule has 6 nitrogen and oxygen atoms in total. The van der Waals surface area contributed by atoms with Gasteiger partial charge < -0.3 is 10.2 Å². The highest BCUT2D eigenvalue weighted by molar-refractivity contribution is 5.92. The Morgan fingerprint density at radius 3 is 2.10 bits per heavy atom. The predicted molar refractivity (Wildman–Crippen MR) is 122 cm³/mol. The van der Waals surface area contributed by atoms with Gasteiger partial charge in [0, 0.05) is 44.0 Å². The first-order valence-corrected chi connectivity index (χ1v) is 11.5. The Labute approximate surface area is 181 Å². The van der Waals surface area contributed by atoms with E-state index in [1.807, 2.05) is 31.2 Å². The smallest absolute Gasteiger partial charge is 0.238 e. The Balaban J connectivity index is 1.42. The van der Waals surface area contributed by atoms with Crippen molar-refractivity contribution in [2.75, 3.05) is 44.6 Å². The maximum Gasteiger partial charge on any atom is 0.238 e. The van der Waals surface area contributed by atoms with Gasteiger partial charge in [0.25, 0.3) is 0 Å². The van der Waals surface area contributed by atoms with E-state index in [2.05, 4.69) is 33.9 Å². The molecule has 0 aromatic heterocycles. The summed E-state index contributed by atoms with van der Waals surface area (Å²) < 4.78 is 0. The number of hydrogen-bond acceptors (Lipinski definition) is 4. The highest BCUT2D eigenvalue weighted by Gasteiger charge is 2.29. The third kappa shape index (κ3) is 6.54. The first-order valence-electron chi connectivity index (χ1n) is 11.5. The molecule has 0 unspecified atom stereocenters. The summed E-state index contributed by atoms with van der Waals surface area (Å²) in [5, 5.41) is 2.97. The van der Waals surface area contributed by atoms with Crippen LogP contribution in [0.4, 0.5) is 5.69 Å². The lowest BCUT2D eigenvalue weighted by Crippen LogP contribution is -2.54. The molecule has 6 heteroatoms. The summed E-state index contributed by atoms with van der Waals surface area (Å²) in [7, 11) is 0. The van der Waals surface area contributed by atoms with Crippen molar-refractivity contribution in [1.82, 2.24) is 14.7 Å². The molecule has 166 valence electrons. The van der Waals surface area contributed by atoms with Crippen LogP contribution >= 0.6 is 0 Å². The molecule has 0 spiro atoms. The fourth-order valence-corrected chi connectivity index (χ4v) is 4.69. The Hall–Kier alpha value is -1.92. The van der Waals surface area contributed by atoms with Crippen molar-refractivity contribution in [2.45, 2.75) is 65.0 Å². The van der Waals surface area contributed by atoms with Gasteiger partial charge in [-0.25, -0.2) is 0 Å². The molecule has 0 radical (unpaired) electrons. The van der Waals surface area contributed by atoms with Crippen molar-refractivity contribution in [3.8, 4) is 0 Å². The average molecular weight is 415 g/mol. The van der Waals surface area contributed by atoms with Gasteiger partial charge >= 0.3 is 0 Å². The highest BCUT2D eigenvalue weighted by atomic mass is 16.2. The van der Waals surface area contributed by atoms with Crippen molar-refractivity contribution in [3.05, 3.63) is 29.8 Å². The molecule has 1 saturated heterocycles. The minimum absolute atomic E-state index is 0.0201. The topological polar surface area (TPSA) is 55.9 Å². The molecule has 1 aromatic carbocycles. The zero-order valence-corrected chi connectivity index (χ0v) is 18.9. The summed E-state index contributed by atoms with van der Waals surface area (Å²) in [6, 6.07) is 8.54. The van der Waals surface area contributed by atoms with E-state index >= 15 is 0 Å². The molecule has 2 fully saturated rings. The molecule has 1 heterocycles. The van der Waals surface area contributed by atoms with E-state index in [4.69, 9.17) is 0 Å². The molecule has 3 rings (SSSR count). The minimum Gasteiger partial charge on any atom is -0.336 e. The third-order valence-electron chi connectivity index (χ3n) is 6.34. The summed E-state index contributed by atoms with van der Waals surface area (Å²) in [4.78, 5) is 31.9. The van der Waals surface area contributed by atoms with Gasteiger partial charge in [0.1, 0.15) is 0 Å². The molecule has 1 N–H and O–H groups in total. The number of amides is 2.